The van der Waals surface area contributed by atoms with E-state index in [9.17, 15) is 19.7 Å². The number of nitro benzene ring substituents is 1. The lowest BCUT2D eigenvalue weighted by Gasteiger charge is -2.34. The summed E-state index contributed by atoms with van der Waals surface area (Å²) in [5.74, 6) is -0.512. The van der Waals surface area contributed by atoms with E-state index in [0.29, 0.717) is 0 Å². The molecule has 1 fully saturated rings. The number of nitrogens with zero attached hydrogens (tertiary/aromatic N) is 2. The summed E-state index contributed by atoms with van der Waals surface area (Å²) >= 11 is 0. The summed E-state index contributed by atoms with van der Waals surface area (Å²) in [6.45, 7) is 8.51. The van der Waals surface area contributed by atoms with Crippen molar-refractivity contribution in [1.82, 2.24) is 4.90 Å². The smallest absolute Gasteiger partial charge is 0.413 e. The fourth-order valence-corrected chi connectivity index (χ4v) is 2.58. The van der Waals surface area contributed by atoms with Crippen molar-refractivity contribution < 1.29 is 24.0 Å². The molecule has 1 heterocycles. The lowest BCUT2D eigenvalue weighted by atomic mass is 10.2. The van der Waals surface area contributed by atoms with E-state index >= 15 is 0 Å². The van der Waals surface area contributed by atoms with Gasteiger partial charge in [-0.25, -0.2) is 4.79 Å². The van der Waals surface area contributed by atoms with Gasteiger partial charge in [-0.3, -0.25) is 19.8 Å². The summed E-state index contributed by atoms with van der Waals surface area (Å²) in [5.41, 5.74) is -1.63. The summed E-state index contributed by atoms with van der Waals surface area (Å²) < 4.78 is 11.0. The Balaban J connectivity index is 2.20. The van der Waals surface area contributed by atoms with Crippen LogP contribution < -0.4 is 5.32 Å². The number of hydrogen-bond acceptors (Lipinski definition) is 6. The highest BCUT2D eigenvalue weighted by atomic mass is 16.6. The molecule has 1 aromatic rings. The van der Waals surface area contributed by atoms with Crippen LogP contribution in [0.15, 0.2) is 24.3 Å². The van der Waals surface area contributed by atoms with Crippen molar-refractivity contribution in [2.45, 2.75) is 52.0 Å². The van der Waals surface area contributed by atoms with Gasteiger partial charge in [-0.1, -0.05) is 6.07 Å². The molecular formula is C17H23N3O6. The van der Waals surface area contributed by atoms with E-state index in [4.69, 9.17) is 9.47 Å². The minimum Gasteiger partial charge on any atom is -0.444 e. The van der Waals surface area contributed by atoms with E-state index in [1.165, 1.54) is 29.2 Å². The quantitative estimate of drug-likeness (QED) is 0.651. The van der Waals surface area contributed by atoms with Crippen molar-refractivity contribution in [3.63, 3.8) is 0 Å². The molecule has 0 aromatic heterocycles. The van der Waals surface area contributed by atoms with Gasteiger partial charge in [0, 0.05) is 17.8 Å². The number of benzene rings is 1. The van der Waals surface area contributed by atoms with Gasteiger partial charge in [0.2, 0.25) is 5.91 Å². The Labute approximate surface area is 151 Å². The number of nitro groups is 1. The highest BCUT2D eigenvalue weighted by Gasteiger charge is 2.48. The number of ether oxygens (including phenoxy) is 2. The van der Waals surface area contributed by atoms with Crippen LogP contribution >= 0.6 is 0 Å². The van der Waals surface area contributed by atoms with Gasteiger partial charge in [-0.15, -0.1) is 0 Å². The number of rotatable bonds is 3. The Bertz CT molecular complexity index is 725. The Hall–Kier alpha value is -2.68. The minimum absolute atomic E-state index is 0.00694. The molecule has 9 heteroatoms. The summed E-state index contributed by atoms with van der Waals surface area (Å²) in [4.78, 5) is 36.7. The highest BCUT2D eigenvalue weighted by Crippen LogP contribution is 2.30. The van der Waals surface area contributed by atoms with Crippen molar-refractivity contribution in [2.75, 3.05) is 11.9 Å². The molecule has 0 aliphatic carbocycles. The Kier molecular flexibility index (Phi) is 5.22. The van der Waals surface area contributed by atoms with Gasteiger partial charge in [0.15, 0.2) is 0 Å². The molecule has 0 radical (unpaired) electrons. The van der Waals surface area contributed by atoms with Crippen LogP contribution in [0.25, 0.3) is 0 Å². The Morgan fingerprint density at radius 3 is 2.62 bits per heavy atom. The van der Waals surface area contributed by atoms with Gasteiger partial charge in [0.25, 0.3) is 5.69 Å². The van der Waals surface area contributed by atoms with E-state index in [2.05, 4.69) is 5.32 Å². The van der Waals surface area contributed by atoms with Crippen LogP contribution in [0.4, 0.5) is 16.2 Å². The van der Waals surface area contributed by atoms with E-state index in [1.54, 1.807) is 34.6 Å². The second kappa shape index (κ2) is 6.91. The molecule has 0 bridgehead atoms. The standard InChI is InChI=1S/C17H23N3O6/c1-16(2,3)26-15(22)19-13(10-25-17(19,4)5)14(21)18-11-7-6-8-12(9-11)20(23)24/h6-9,13H,10H2,1-5H3,(H,18,21)/t13-/m1/s1. The molecule has 1 aromatic carbocycles. The molecule has 1 aliphatic heterocycles. The third-order valence-electron chi connectivity index (χ3n) is 3.70. The van der Waals surface area contributed by atoms with Crippen LogP contribution in [0.3, 0.4) is 0 Å². The molecule has 0 spiro atoms. The zero-order valence-electron chi connectivity index (χ0n) is 15.4. The van der Waals surface area contributed by atoms with Crippen LogP contribution in [0.5, 0.6) is 0 Å². The average Bonchev–Trinajstić information content (AvgIpc) is 2.81. The first-order valence-corrected chi connectivity index (χ1v) is 8.12. The molecule has 1 saturated heterocycles. The van der Waals surface area contributed by atoms with Crippen molar-refractivity contribution in [2.24, 2.45) is 0 Å². The molecule has 0 saturated carbocycles. The summed E-state index contributed by atoms with van der Waals surface area (Å²) in [7, 11) is 0. The maximum atomic E-state index is 12.7. The molecule has 0 unspecified atom stereocenters. The number of anilines is 1. The van der Waals surface area contributed by atoms with Crippen molar-refractivity contribution in [3.05, 3.63) is 34.4 Å². The zero-order chi connectivity index (χ0) is 19.7. The SMILES string of the molecule is CC(C)(C)OC(=O)N1[C@@H](C(=O)Nc2cccc([N+](=O)[O-])c2)COC1(C)C. The molecule has 1 atom stereocenters. The first kappa shape index (κ1) is 19.6. The second-order valence-electron chi connectivity index (χ2n) is 7.42. The minimum atomic E-state index is -1.02. The second-order valence-corrected chi connectivity index (χ2v) is 7.42. The lowest BCUT2D eigenvalue weighted by Crippen LogP contribution is -2.53. The monoisotopic (exact) mass is 365 g/mol. The normalized spacial score (nSPS) is 19.1. The largest absolute Gasteiger partial charge is 0.444 e. The lowest BCUT2D eigenvalue weighted by molar-refractivity contribution is -0.384. The molecule has 26 heavy (non-hydrogen) atoms. The summed E-state index contributed by atoms with van der Waals surface area (Å²) in [6, 6.07) is 4.65. The number of carbonyl (C=O) groups excluding carboxylic acids is 2. The van der Waals surface area contributed by atoms with Crippen LogP contribution in [-0.4, -0.2) is 45.8 Å². The third kappa shape index (κ3) is 4.48. The number of nitrogens with one attached hydrogen (secondary N) is 1. The van der Waals surface area contributed by atoms with Crippen LogP contribution in [0.1, 0.15) is 34.6 Å². The third-order valence-corrected chi connectivity index (χ3v) is 3.70. The van der Waals surface area contributed by atoms with Gasteiger partial charge in [0.1, 0.15) is 17.4 Å². The first-order chi connectivity index (χ1) is 11.9. The van der Waals surface area contributed by atoms with E-state index < -0.39 is 34.3 Å². The fraction of sp³-hybridized carbons (Fsp3) is 0.529. The van der Waals surface area contributed by atoms with Gasteiger partial charge < -0.3 is 14.8 Å². The number of carbonyl (C=O) groups is 2. The number of non-ortho nitro benzene ring substituents is 1. The van der Waals surface area contributed by atoms with Crippen molar-refractivity contribution in [1.29, 1.82) is 0 Å². The molecule has 142 valence electrons. The van der Waals surface area contributed by atoms with E-state index in [1.807, 2.05) is 0 Å². The van der Waals surface area contributed by atoms with Gasteiger partial charge >= 0.3 is 6.09 Å². The molecule has 1 aliphatic rings. The van der Waals surface area contributed by atoms with E-state index in [0.717, 1.165) is 0 Å². The van der Waals surface area contributed by atoms with Crippen LogP contribution in [0, 0.1) is 10.1 Å². The van der Waals surface area contributed by atoms with E-state index in [-0.39, 0.29) is 18.0 Å². The fourth-order valence-electron chi connectivity index (χ4n) is 2.58. The molecule has 2 rings (SSSR count). The predicted octanol–water partition coefficient (Wildman–Crippen LogP) is 2.91. The zero-order valence-corrected chi connectivity index (χ0v) is 15.4. The highest BCUT2D eigenvalue weighted by molar-refractivity contribution is 5.97. The van der Waals surface area contributed by atoms with Crippen LogP contribution in [-0.2, 0) is 14.3 Å². The molecular weight excluding hydrogens is 342 g/mol. The molecule has 2 amide bonds. The number of amides is 2. The van der Waals surface area contributed by atoms with Crippen molar-refractivity contribution in [3.8, 4) is 0 Å². The molecule has 9 nitrogen and oxygen atoms in total. The first-order valence-electron chi connectivity index (χ1n) is 8.12. The van der Waals surface area contributed by atoms with Crippen LogP contribution in [0.2, 0.25) is 0 Å². The molecule has 1 N–H and O–H groups in total. The topological polar surface area (TPSA) is 111 Å². The Morgan fingerprint density at radius 2 is 2.04 bits per heavy atom. The summed E-state index contributed by atoms with van der Waals surface area (Å²) in [6.07, 6.45) is -0.667. The van der Waals surface area contributed by atoms with Gasteiger partial charge in [0.05, 0.1) is 11.5 Å². The van der Waals surface area contributed by atoms with Crippen molar-refractivity contribution >= 4 is 23.4 Å². The average molecular weight is 365 g/mol. The van der Waals surface area contributed by atoms with Gasteiger partial charge in [-0.05, 0) is 40.7 Å². The summed E-state index contributed by atoms with van der Waals surface area (Å²) in [5, 5.41) is 13.4. The number of hydrogen-bond donors (Lipinski definition) is 1. The maximum absolute atomic E-state index is 12.7. The van der Waals surface area contributed by atoms with Gasteiger partial charge in [-0.2, -0.15) is 0 Å². The predicted molar refractivity (Wildman–Crippen MR) is 93.6 cm³/mol. The maximum Gasteiger partial charge on any atom is 0.413 e. The Morgan fingerprint density at radius 1 is 1.38 bits per heavy atom.